The Labute approximate surface area is 159 Å². The Morgan fingerprint density at radius 2 is 1.63 bits per heavy atom. The van der Waals surface area contributed by atoms with Crippen LogP contribution in [0.5, 0.6) is 0 Å². The van der Waals surface area contributed by atoms with Crippen LogP contribution in [-0.2, 0) is 4.74 Å². The van der Waals surface area contributed by atoms with Gasteiger partial charge < -0.3 is 10.1 Å². The number of fused-ring (bicyclic) bond motifs is 1. The molecule has 0 saturated carbocycles. The van der Waals surface area contributed by atoms with Crippen LogP contribution in [0, 0.1) is 0 Å². The van der Waals surface area contributed by atoms with Crippen molar-refractivity contribution in [2.24, 2.45) is 0 Å². The average Bonchev–Trinajstić information content (AvgIpc) is 2.74. The second kappa shape index (κ2) is 8.33. The highest BCUT2D eigenvalue weighted by Gasteiger charge is 2.20. The molecule has 1 aliphatic heterocycles. The van der Waals surface area contributed by atoms with Crippen molar-refractivity contribution >= 4 is 16.7 Å². The zero-order valence-corrected chi connectivity index (χ0v) is 15.3. The number of benzene rings is 3. The molecule has 138 valence electrons. The van der Waals surface area contributed by atoms with Gasteiger partial charge in [-0.1, -0.05) is 60.7 Å². The third-order valence-electron chi connectivity index (χ3n) is 5.06. The maximum absolute atomic E-state index is 13.0. The van der Waals surface area contributed by atoms with E-state index >= 15 is 0 Å². The number of rotatable bonds is 5. The molecule has 1 atom stereocenters. The molecule has 0 aliphatic carbocycles. The standard InChI is InChI=1S/C23H24N2O2/c26-23(21-11-10-18-6-4-5-9-20(18)16-21)24-22(19-7-2-1-3-8-19)17-25-12-14-27-15-13-25/h1-11,16,22H,12-15,17H2,(H,24,26)/t22-/m0/s1. The van der Waals surface area contributed by atoms with Crippen LogP contribution in [0.15, 0.2) is 72.8 Å². The number of carbonyl (C=O) groups excluding carboxylic acids is 1. The van der Waals surface area contributed by atoms with Crippen LogP contribution < -0.4 is 5.32 Å². The maximum Gasteiger partial charge on any atom is 0.251 e. The fourth-order valence-corrected chi connectivity index (χ4v) is 3.53. The van der Waals surface area contributed by atoms with Crippen LogP contribution in [0.25, 0.3) is 10.8 Å². The molecule has 1 fully saturated rings. The molecule has 1 saturated heterocycles. The van der Waals surface area contributed by atoms with Crippen LogP contribution in [0.3, 0.4) is 0 Å². The number of carbonyl (C=O) groups is 1. The topological polar surface area (TPSA) is 41.6 Å². The summed E-state index contributed by atoms with van der Waals surface area (Å²) in [6.45, 7) is 4.08. The van der Waals surface area contributed by atoms with Gasteiger partial charge in [0.25, 0.3) is 5.91 Å². The number of hydrogen-bond donors (Lipinski definition) is 1. The molecule has 4 heteroatoms. The summed E-state index contributed by atoms with van der Waals surface area (Å²) in [4.78, 5) is 15.3. The molecule has 1 N–H and O–H groups in total. The van der Waals surface area contributed by atoms with Crippen LogP contribution in [0.1, 0.15) is 22.0 Å². The third-order valence-corrected chi connectivity index (χ3v) is 5.06. The quantitative estimate of drug-likeness (QED) is 0.755. The minimum atomic E-state index is -0.0525. The van der Waals surface area contributed by atoms with Crippen LogP contribution >= 0.6 is 0 Å². The second-order valence-corrected chi connectivity index (χ2v) is 6.91. The molecule has 0 unspecified atom stereocenters. The van der Waals surface area contributed by atoms with Gasteiger partial charge >= 0.3 is 0 Å². The maximum atomic E-state index is 13.0. The first-order chi connectivity index (χ1) is 13.3. The molecule has 1 amide bonds. The molecule has 0 aromatic heterocycles. The molecule has 3 aromatic rings. The van der Waals surface area contributed by atoms with E-state index in [0.717, 1.165) is 49.2 Å². The van der Waals surface area contributed by atoms with Crippen LogP contribution in [0.4, 0.5) is 0 Å². The highest BCUT2D eigenvalue weighted by atomic mass is 16.5. The molecule has 4 rings (SSSR count). The highest BCUT2D eigenvalue weighted by Crippen LogP contribution is 2.19. The lowest BCUT2D eigenvalue weighted by molar-refractivity contribution is 0.0332. The van der Waals surface area contributed by atoms with Crippen molar-refractivity contribution in [1.82, 2.24) is 10.2 Å². The van der Waals surface area contributed by atoms with E-state index in [4.69, 9.17) is 4.74 Å². The van der Waals surface area contributed by atoms with Crippen molar-refractivity contribution in [1.29, 1.82) is 0 Å². The third kappa shape index (κ3) is 4.35. The van der Waals surface area contributed by atoms with Crippen molar-refractivity contribution in [3.63, 3.8) is 0 Å². The largest absolute Gasteiger partial charge is 0.379 e. The summed E-state index contributed by atoms with van der Waals surface area (Å²) < 4.78 is 5.45. The normalized spacial score (nSPS) is 16.1. The van der Waals surface area contributed by atoms with Gasteiger partial charge in [-0.25, -0.2) is 0 Å². The number of hydrogen-bond acceptors (Lipinski definition) is 3. The van der Waals surface area contributed by atoms with Crippen molar-refractivity contribution in [3.05, 3.63) is 83.9 Å². The zero-order chi connectivity index (χ0) is 18.5. The molecule has 4 nitrogen and oxygen atoms in total. The number of morpholine rings is 1. The molecule has 0 radical (unpaired) electrons. The average molecular weight is 360 g/mol. The molecule has 1 heterocycles. The van der Waals surface area contributed by atoms with E-state index in [1.807, 2.05) is 54.6 Å². The van der Waals surface area contributed by atoms with E-state index in [1.165, 1.54) is 0 Å². The van der Waals surface area contributed by atoms with Crippen molar-refractivity contribution < 1.29 is 9.53 Å². The van der Waals surface area contributed by atoms with Crippen molar-refractivity contribution in [3.8, 4) is 0 Å². The van der Waals surface area contributed by atoms with Gasteiger partial charge in [0.1, 0.15) is 0 Å². The van der Waals surface area contributed by atoms with Gasteiger partial charge in [0, 0.05) is 25.2 Å². The predicted octanol–water partition coefficient (Wildman–Crippen LogP) is 3.64. The Kier molecular flexibility index (Phi) is 5.47. The Hall–Kier alpha value is -2.69. The fraction of sp³-hybridized carbons (Fsp3) is 0.261. The minimum Gasteiger partial charge on any atom is -0.379 e. The fourth-order valence-electron chi connectivity index (χ4n) is 3.53. The molecule has 0 bridgehead atoms. The summed E-state index contributed by atoms with van der Waals surface area (Å²) in [6.07, 6.45) is 0. The van der Waals surface area contributed by atoms with E-state index < -0.39 is 0 Å². The number of ether oxygens (including phenoxy) is 1. The van der Waals surface area contributed by atoms with Crippen molar-refractivity contribution in [2.75, 3.05) is 32.8 Å². The lowest BCUT2D eigenvalue weighted by Crippen LogP contribution is -2.43. The monoisotopic (exact) mass is 360 g/mol. The van der Waals surface area contributed by atoms with Crippen molar-refractivity contribution in [2.45, 2.75) is 6.04 Å². The van der Waals surface area contributed by atoms with Gasteiger partial charge in [-0.2, -0.15) is 0 Å². The minimum absolute atomic E-state index is 0.0390. The number of amides is 1. The van der Waals surface area contributed by atoms with Crippen LogP contribution in [0.2, 0.25) is 0 Å². The number of nitrogens with zero attached hydrogens (tertiary/aromatic N) is 1. The van der Waals surface area contributed by atoms with E-state index in [2.05, 4.69) is 28.4 Å². The Morgan fingerprint density at radius 1 is 0.926 bits per heavy atom. The van der Waals surface area contributed by atoms with E-state index in [-0.39, 0.29) is 11.9 Å². The van der Waals surface area contributed by atoms with E-state index in [0.29, 0.717) is 5.56 Å². The lowest BCUT2D eigenvalue weighted by atomic mass is 10.0. The molecule has 0 spiro atoms. The summed E-state index contributed by atoms with van der Waals surface area (Å²) >= 11 is 0. The Bertz CT molecular complexity index is 904. The summed E-state index contributed by atoms with van der Waals surface area (Å²) in [5.74, 6) is -0.0390. The first-order valence-corrected chi connectivity index (χ1v) is 9.44. The smallest absolute Gasteiger partial charge is 0.251 e. The zero-order valence-electron chi connectivity index (χ0n) is 15.3. The SMILES string of the molecule is O=C(N[C@@H](CN1CCOCC1)c1ccccc1)c1ccc2ccccc2c1. The van der Waals surface area contributed by atoms with Gasteiger partial charge in [-0.05, 0) is 28.5 Å². The summed E-state index contributed by atoms with van der Waals surface area (Å²) in [7, 11) is 0. The number of nitrogens with one attached hydrogen (secondary N) is 1. The van der Waals surface area contributed by atoms with Gasteiger partial charge in [0.15, 0.2) is 0 Å². The van der Waals surface area contributed by atoms with E-state index in [9.17, 15) is 4.79 Å². The molecule has 3 aromatic carbocycles. The summed E-state index contributed by atoms with van der Waals surface area (Å²) in [6, 6.07) is 24.1. The second-order valence-electron chi connectivity index (χ2n) is 6.91. The first-order valence-electron chi connectivity index (χ1n) is 9.44. The van der Waals surface area contributed by atoms with Crippen LogP contribution in [-0.4, -0.2) is 43.7 Å². The van der Waals surface area contributed by atoms with Gasteiger partial charge in [-0.15, -0.1) is 0 Å². The Morgan fingerprint density at radius 3 is 2.41 bits per heavy atom. The van der Waals surface area contributed by atoms with E-state index in [1.54, 1.807) is 0 Å². The molecule has 1 aliphatic rings. The van der Waals surface area contributed by atoms with Gasteiger partial charge in [0.2, 0.25) is 0 Å². The predicted molar refractivity (Wildman–Crippen MR) is 108 cm³/mol. The van der Waals surface area contributed by atoms with Gasteiger partial charge in [0.05, 0.1) is 19.3 Å². The molecular weight excluding hydrogens is 336 g/mol. The molecular formula is C23H24N2O2. The Balaban J connectivity index is 1.54. The first kappa shape index (κ1) is 17.7. The van der Waals surface area contributed by atoms with Gasteiger partial charge in [-0.3, -0.25) is 9.69 Å². The summed E-state index contributed by atoms with van der Waals surface area (Å²) in [5.41, 5.74) is 1.81. The molecule has 27 heavy (non-hydrogen) atoms. The summed E-state index contributed by atoms with van der Waals surface area (Å²) in [5, 5.41) is 5.46. The highest BCUT2D eigenvalue weighted by molar-refractivity contribution is 5.98. The lowest BCUT2D eigenvalue weighted by Gasteiger charge is -2.31.